The predicted molar refractivity (Wildman–Crippen MR) is 112 cm³/mol. The van der Waals surface area contributed by atoms with Crippen molar-refractivity contribution in [1.29, 1.82) is 0 Å². The van der Waals surface area contributed by atoms with Gasteiger partial charge in [0.15, 0.2) is 0 Å². The van der Waals surface area contributed by atoms with Gasteiger partial charge in [0, 0.05) is 29.6 Å². The van der Waals surface area contributed by atoms with Gasteiger partial charge in [-0.2, -0.15) is 0 Å². The molecular formula is C22H25ClN2O2. The summed E-state index contributed by atoms with van der Waals surface area (Å²) in [6, 6.07) is 18.0. The van der Waals surface area contributed by atoms with Crippen LogP contribution in [0.4, 0.5) is 0 Å². The second-order valence-electron chi connectivity index (χ2n) is 7.10. The van der Waals surface area contributed by atoms with Crippen LogP contribution in [0.3, 0.4) is 0 Å². The first-order valence-electron chi connectivity index (χ1n) is 9.31. The molecule has 4 rings (SSSR count). The Bertz CT molecular complexity index is 943. The van der Waals surface area contributed by atoms with E-state index in [2.05, 4.69) is 34.6 Å². The molecule has 4 nitrogen and oxygen atoms in total. The van der Waals surface area contributed by atoms with Crippen molar-refractivity contribution in [2.75, 3.05) is 6.54 Å². The maximum Gasteiger partial charge on any atom is 0.248 e. The molecule has 1 aliphatic rings. The molecule has 5 heteroatoms. The fourth-order valence-electron chi connectivity index (χ4n) is 3.94. The van der Waals surface area contributed by atoms with Crippen LogP contribution in [0.25, 0.3) is 10.9 Å². The average Bonchev–Trinajstić information content (AvgIpc) is 2.88. The number of aromatic nitrogens is 1. The van der Waals surface area contributed by atoms with E-state index in [1.807, 2.05) is 18.2 Å². The quantitative estimate of drug-likeness (QED) is 0.603. The standard InChI is InChI=1S/C22H24N2O2.ClH/c25-21(19-6-3-7-20-18(19)12-13-22(26)24-20)14-23-17-10-8-15-4-1-2-5-16(15)9-11-17;/h1-7,12-13,17,21,23,25H,8-11,14H2,(H,24,26);1H/t21-;/m0./s1. The lowest BCUT2D eigenvalue weighted by atomic mass is 10.0. The van der Waals surface area contributed by atoms with Gasteiger partial charge in [0.25, 0.3) is 0 Å². The van der Waals surface area contributed by atoms with Crippen molar-refractivity contribution in [2.45, 2.75) is 37.8 Å². The topological polar surface area (TPSA) is 65.1 Å². The van der Waals surface area contributed by atoms with Gasteiger partial charge in [-0.05, 0) is 54.5 Å². The number of pyridine rings is 1. The molecule has 0 unspecified atom stereocenters. The number of aryl methyl sites for hydroxylation is 2. The number of aliphatic hydroxyl groups is 1. The lowest BCUT2D eigenvalue weighted by molar-refractivity contribution is 0.169. The molecule has 1 atom stereocenters. The van der Waals surface area contributed by atoms with E-state index in [1.54, 1.807) is 6.07 Å². The number of benzene rings is 2. The van der Waals surface area contributed by atoms with Crippen molar-refractivity contribution in [1.82, 2.24) is 10.3 Å². The summed E-state index contributed by atoms with van der Waals surface area (Å²) in [6.45, 7) is 0.513. The first kappa shape index (κ1) is 19.6. The second kappa shape index (κ2) is 8.70. The van der Waals surface area contributed by atoms with E-state index in [-0.39, 0.29) is 18.0 Å². The minimum atomic E-state index is -0.602. The first-order valence-corrected chi connectivity index (χ1v) is 9.31. The summed E-state index contributed by atoms with van der Waals surface area (Å²) in [7, 11) is 0. The fourth-order valence-corrected chi connectivity index (χ4v) is 3.94. The average molecular weight is 385 g/mol. The third kappa shape index (κ3) is 4.41. The van der Waals surface area contributed by atoms with E-state index in [9.17, 15) is 9.90 Å². The summed E-state index contributed by atoms with van der Waals surface area (Å²) in [5.41, 5.74) is 4.40. The Kier molecular flexibility index (Phi) is 6.32. The van der Waals surface area contributed by atoms with Gasteiger partial charge in [0.05, 0.1) is 6.10 Å². The SMILES string of the molecule is Cl.O=c1ccc2c([C@@H](O)CNC3CCc4ccccc4CC3)cccc2[nH]1. The molecular weight excluding hydrogens is 360 g/mol. The third-order valence-corrected chi connectivity index (χ3v) is 5.40. The summed E-state index contributed by atoms with van der Waals surface area (Å²) < 4.78 is 0. The van der Waals surface area contributed by atoms with Gasteiger partial charge in [-0.25, -0.2) is 0 Å². The van der Waals surface area contributed by atoms with Crippen LogP contribution in [0.1, 0.15) is 35.6 Å². The Labute approximate surface area is 165 Å². The summed E-state index contributed by atoms with van der Waals surface area (Å²) in [4.78, 5) is 14.3. The van der Waals surface area contributed by atoms with Crippen LogP contribution in [0, 0.1) is 0 Å². The van der Waals surface area contributed by atoms with Gasteiger partial charge < -0.3 is 15.4 Å². The molecule has 2 aromatic carbocycles. The zero-order valence-corrected chi connectivity index (χ0v) is 16.0. The molecule has 0 saturated carbocycles. The molecule has 3 aromatic rings. The van der Waals surface area contributed by atoms with E-state index < -0.39 is 6.10 Å². The van der Waals surface area contributed by atoms with Gasteiger partial charge in [0.1, 0.15) is 0 Å². The monoisotopic (exact) mass is 384 g/mol. The highest BCUT2D eigenvalue weighted by atomic mass is 35.5. The van der Waals surface area contributed by atoms with Crippen LogP contribution < -0.4 is 10.9 Å². The molecule has 1 heterocycles. The number of halogens is 1. The van der Waals surface area contributed by atoms with Crippen molar-refractivity contribution < 1.29 is 5.11 Å². The predicted octanol–water partition coefficient (Wildman–Crippen LogP) is 3.52. The van der Waals surface area contributed by atoms with Gasteiger partial charge in [-0.3, -0.25) is 4.79 Å². The van der Waals surface area contributed by atoms with E-state index in [1.165, 1.54) is 17.2 Å². The number of H-pyrrole nitrogens is 1. The maximum atomic E-state index is 11.5. The summed E-state index contributed by atoms with van der Waals surface area (Å²) in [5.74, 6) is 0. The molecule has 27 heavy (non-hydrogen) atoms. The number of fused-ring (bicyclic) bond motifs is 2. The summed E-state index contributed by atoms with van der Waals surface area (Å²) >= 11 is 0. The van der Waals surface area contributed by atoms with Crippen molar-refractivity contribution >= 4 is 23.3 Å². The lowest BCUT2D eigenvalue weighted by Gasteiger charge is -2.20. The number of hydrogen-bond acceptors (Lipinski definition) is 3. The Hall–Kier alpha value is -2.14. The molecule has 0 saturated heterocycles. The maximum absolute atomic E-state index is 11.5. The number of aliphatic hydroxyl groups excluding tert-OH is 1. The first-order chi connectivity index (χ1) is 12.7. The number of aromatic amines is 1. The molecule has 142 valence electrons. The molecule has 1 aliphatic carbocycles. The molecule has 3 N–H and O–H groups in total. The van der Waals surface area contributed by atoms with E-state index in [4.69, 9.17) is 0 Å². The largest absolute Gasteiger partial charge is 0.387 e. The van der Waals surface area contributed by atoms with Crippen molar-refractivity contribution in [3.63, 3.8) is 0 Å². The summed E-state index contributed by atoms with van der Waals surface area (Å²) in [6.07, 6.45) is 3.74. The zero-order valence-electron chi connectivity index (χ0n) is 15.2. The van der Waals surface area contributed by atoms with E-state index in [0.29, 0.717) is 12.6 Å². The van der Waals surface area contributed by atoms with Gasteiger partial charge in [0.2, 0.25) is 5.56 Å². The Balaban J connectivity index is 0.00000210. The molecule has 0 bridgehead atoms. The van der Waals surface area contributed by atoms with Crippen LogP contribution in [0.15, 0.2) is 59.4 Å². The normalized spacial score (nSPS) is 15.6. The van der Waals surface area contributed by atoms with Crippen LogP contribution in [0.2, 0.25) is 0 Å². The molecule has 0 spiro atoms. The molecule has 1 aromatic heterocycles. The lowest BCUT2D eigenvalue weighted by Crippen LogP contribution is -2.33. The van der Waals surface area contributed by atoms with Gasteiger partial charge in [-0.15, -0.1) is 12.4 Å². The van der Waals surface area contributed by atoms with Crippen molar-refractivity contribution in [3.05, 3.63) is 81.6 Å². The highest BCUT2D eigenvalue weighted by Crippen LogP contribution is 2.24. The molecule has 0 fully saturated rings. The second-order valence-corrected chi connectivity index (χ2v) is 7.10. The Morgan fingerprint density at radius 1 is 1.00 bits per heavy atom. The molecule has 0 radical (unpaired) electrons. The molecule has 0 aliphatic heterocycles. The van der Waals surface area contributed by atoms with Crippen LogP contribution in [0.5, 0.6) is 0 Å². The van der Waals surface area contributed by atoms with Gasteiger partial charge in [-0.1, -0.05) is 36.4 Å². The summed E-state index contributed by atoms with van der Waals surface area (Å²) in [5, 5.41) is 15.2. The smallest absolute Gasteiger partial charge is 0.248 e. The van der Waals surface area contributed by atoms with Crippen molar-refractivity contribution in [3.8, 4) is 0 Å². The fraction of sp³-hybridized carbons (Fsp3) is 0.318. The highest BCUT2D eigenvalue weighted by molar-refractivity contribution is 5.85. The highest BCUT2D eigenvalue weighted by Gasteiger charge is 2.18. The van der Waals surface area contributed by atoms with Crippen LogP contribution in [-0.2, 0) is 12.8 Å². The number of nitrogens with one attached hydrogen (secondary N) is 2. The van der Waals surface area contributed by atoms with Gasteiger partial charge >= 0.3 is 0 Å². The number of rotatable bonds is 4. The number of hydrogen-bond donors (Lipinski definition) is 3. The third-order valence-electron chi connectivity index (χ3n) is 5.40. The van der Waals surface area contributed by atoms with Crippen LogP contribution >= 0.6 is 12.4 Å². The Morgan fingerprint density at radius 3 is 2.41 bits per heavy atom. The van der Waals surface area contributed by atoms with E-state index >= 15 is 0 Å². The van der Waals surface area contributed by atoms with Crippen molar-refractivity contribution in [2.24, 2.45) is 0 Å². The minimum Gasteiger partial charge on any atom is -0.387 e. The van der Waals surface area contributed by atoms with E-state index in [0.717, 1.165) is 42.1 Å². The minimum absolute atomic E-state index is 0. The molecule has 0 amide bonds. The van der Waals surface area contributed by atoms with Crippen LogP contribution in [-0.4, -0.2) is 22.7 Å². The zero-order chi connectivity index (χ0) is 17.9. The Morgan fingerprint density at radius 2 is 1.70 bits per heavy atom.